The number of halogens is 1. The number of amides is 1. The zero-order chi connectivity index (χ0) is 11.3. The normalized spacial score (nSPS) is 27.7. The Morgan fingerprint density at radius 3 is 2.93 bits per heavy atom. The van der Waals surface area contributed by atoms with Gasteiger partial charge in [0.15, 0.2) is 0 Å². The van der Waals surface area contributed by atoms with E-state index in [0.29, 0.717) is 4.83 Å². The van der Waals surface area contributed by atoms with E-state index in [2.05, 4.69) is 35.1 Å². The van der Waals surface area contributed by atoms with Crippen LogP contribution in [0.1, 0.15) is 39.5 Å². The summed E-state index contributed by atoms with van der Waals surface area (Å²) in [6, 6.07) is 0. The molecule has 1 saturated heterocycles. The number of thioether (sulfide) groups is 1. The van der Waals surface area contributed by atoms with Crippen molar-refractivity contribution in [2.75, 3.05) is 12.3 Å². The van der Waals surface area contributed by atoms with E-state index < -0.39 is 0 Å². The van der Waals surface area contributed by atoms with E-state index in [9.17, 15) is 4.79 Å². The molecular formula is C11H20BrNOS. The minimum atomic E-state index is -0.153. The van der Waals surface area contributed by atoms with Crippen LogP contribution in [0.3, 0.4) is 0 Å². The van der Waals surface area contributed by atoms with Crippen LogP contribution in [0.15, 0.2) is 0 Å². The first-order valence-corrected chi connectivity index (χ1v) is 7.51. The molecule has 0 aromatic rings. The molecule has 0 spiro atoms. The maximum Gasteiger partial charge on any atom is 0.235 e. The largest absolute Gasteiger partial charge is 0.355 e. The van der Waals surface area contributed by atoms with Gasteiger partial charge in [0.25, 0.3) is 0 Å². The summed E-state index contributed by atoms with van der Waals surface area (Å²) in [5.41, 5.74) is 0. The number of nitrogens with one attached hydrogen (secondary N) is 1. The van der Waals surface area contributed by atoms with Crippen LogP contribution in [0.5, 0.6) is 0 Å². The van der Waals surface area contributed by atoms with E-state index in [1.54, 1.807) is 11.8 Å². The molecular weight excluding hydrogens is 274 g/mol. The fourth-order valence-electron chi connectivity index (χ4n) is 1.73. The van der Waals surface area contributed by atoms with Gasteiger partial charge in [-0.15, -0.1) is 11.8 Å². The summed E-state index contributed by atoms with van der Waals surface area (Å²) in [4.78, 5) is 12.4. The van der Waals surface area contributed by atoms with E-state index >= 15 is 0 Å². The molecule has 1 heterocycles. The lowest BCUT2D eigenvalue weighted by molar-refractivity contribution is -0.123. The van der Waals surface area contributed by atoms with Gasteiger partial charge in [-0.05, 0) is 38.4 Å². The first-order chi connectivity index (χ1) is 7.04. The Hall–Kier alpha value is 0.300. The quantitative estimate of drug-likeness (QED) is 0.624. The zero-order valence-electron chi connectivity index (χ0n) is 9.51. The molecule has 0 aliphatic carbocycles. The Kier molecular flexibility index (Phi) is 5.47. The van der Waals surface area contributed by atoms with Gasteiger partial charge in [-0.3, -0.25) is 4.79 Å². The average Bonchev–Trinajstić information content (AvgIpc) is 2.60. The molecule has 0 aromatic carbocycles. The molecule has 2 atom stereocenters. The van der Waals surface area contributed by atoms with Gasteiger partial charge in [-0.1, -0.05) is 22.9 Å². The number of hydrogen-bond acceptors (Lipinski definition) is 2. The number of carbonyl (C=O) groups excluding carboxylic acids is 1. The van der Waals surface area contributed by atoms with Crippen molar-refractivity contribution in [2.24, 2.45) is 0 Å². The minimum Gasteiger partial charge on any atom is -0.355 e. The van der Waals surface area contributed by atoms with Gasteiger partial charge in [0.2, 0.25) is 5.91 Å². The van der Waals surface area contributed by atoms with Gasteiger partial charge in [-0.25, -0.2) is 0 Å². The number of carbonyl (C=O) groups is 1. The summed E-state index contributed by atoms with van der Waals surface area (Å²) in [6.07, 6.45) is 4.37. The standard InChI is InChI=1S/C11H20BrNOS/c1-9(12)5-3-7-13-10(14)11(2)6-4-8-15-11/h9H,3-8H2,1-2H3,(H,13,14). The Balaban J connectivity index is 2.18. The molecule has 1 aliphatic rings. The van der Waals surface area contributed by atoms with Gasteiger partial charge in [0.1, 0.15) is 0 Å². The van der Waals surface area contributed by atoms with E-state index in [-0.39, 0.29) is 10.7 Å². The summed E-state index contributed by atoms with van der Waals surface area (Å²) in [6.45, 7) is 5.01. The van der Waals surface area contributed by atoms with Gasteiger partial charge in [-0.2, -0.15) is 0 Å². The van der Waals surface area contributed by atoms with Crippen molar-refractivity contribution in [3.05, 3.63) is 0 Å². The van der Waals surface area contributed by atoms with E-state index in [1.165, 1.54) is 6.42 Å². The van der Waals surface area contributed by atoms with E-state index in [4.69, 9.17) is 0 Å². The molecule has 2 nitrogen and oxygen atoms in total. The molecule has 4 heteroatoms. The lowest BCUT2D eigenvalue weighted by Crippen LogP contribution is -2.40. The van der Waals surface area contributed by atoms with Crippen LogP contribution in [0, 0.1) is 0 Å². The van der Waals surface area contributed by atoms with Crippen molar-refractivity contribution in [2.45, 2.75) is 49.1 Å². The first-order valence-electron chi connectivity index (χ1n) is 5.61. The van der Waals surface area contributed by atoms with Gasteiger partial charge >= 0.3 is 0 Å². The summed E-state index contributed by atoms with van der Waals surface area (Å²) < 4.78 is -0.153. The third-order valence-corrected chi connectivity index (χ3v) is 4.74. The van der Waals surface area contributed by atoms with Crippen molar-refractivity contribution >= 4 is 33.6 Å². The smallest absolute Gasteiger partial charge is 0.235 e. The average molecular weight is 294 g/mol. The molecule has 1 amide bonds. The van der Waals surface area contributed by atoms with Crippen LogP contribution < -0.4 is 5.32 Å². The predicted octanol–water partition coefficient (Wildman–Crippen LogP) is 2.95. The second kappa shape index (κ2) is 6.14. The number of rotatable bonds is 5. The zero-order valence-corrected chi connectivity index (χ0v) is 11.9. The van der Waals surface area contributed by atoms with Crippen molar-refractivity contribution in [1.29, 1.82) is 0 Å². The third-order valence-electron chi connectivity index (χ3n) is 2.76. The molecule has 15 heavy (non-hydrogen) atoms. The molecule has 88 valence electrons. The van der Waals surface area contributed by atoms with Crippen molar-refractivity contribution in [3.8, 4) is 0 Å². The molecule has 0 bridgehead atoms. The van der Waals surface area contributed by atoms with Crippen LogP contribution in [-0.4, -0.2) is 27.8 Å². The molecule has 2 unspecified atom stereocenters. The van der Waals surface area contributed by atoms with Crippen LogP contribution >= 0.6 is 27.7 Å². The minimum absolute atomic E-state index is 0.153. The van der Waals surface area contributed by atoms with E-state index in [0.717, 1.165) is 31.6 Å². The second-order valence-corrected chi connectivity index (χ2v) is 7.52. The monoisotopic (exact) mass is 293 g/mol. The predicted molar refractivity (Wildman–Crippen MR) is 70.7 cm³/mol. The van der Waals surface area contributed by atoms with Crippen LogP contribution in [0.2, 0.25) is 0 Å². The van der Waals surface area contributed by atoms with E-state index in [1.807, 2.05) is 0 Å². The van der Waals surface area contributed by atoms with Gasteiger partial charge in [0.05, 0.1) is 4.75 Å². The topological polar surface area (TPSA) is 29.1 Å². The van der Waals surface area contributed by atoms with Crippen LogP contribution in [0.25, 0.3) is 0 Å². The molecule has 0 radical (unpaired) electrons. The van der Waals surface area contributed by atoms with Crippen LogP contribution in [-0.2, 0) is 4.79 Å². The summed E-state index contributed by atoms with van der Waals surface area (Å²) in [7, 11) is 0. The highest BCUT2D eigenvalue weighted by Gasteiger charge is 2.36. The lowest BCUT2D eigenvalue weighted by Gasteiger charge is -2.21. The SMILES string of the molecule is CC(Br)CCCNC(=O)C1(C)CCCS1. The Labute approximate surface area is 105 Å². The maximum atomic E-state index is 11.9. The molecule has 1 fully saturated rings. The van der Waals surface area contributed by atoms with Crippen molar-refractivity contribution in [3.63, 3.8) is 0 Å². The summed E-state index contributed by atoms with van der Waals surface area (Å²) in [5.74, 6) is 1.36. The summed E-state index contributed by atoms with van der Waals surface area (Å²) in [5, 5.41) is 3.04. The maximum absolute atomic E-state index is 11.9. The first kappa shape index (κ1) is 13.4. The molecule has 1 N–H and O–H groups in total. The number of hydrogen-bond donors (Lipinski definition) is 1. The van der Waals surface area contributed by atoms with Gasteiger partial charge in [0, 0.05) is 11.4 Å². The Bertz CT molecular complexity index is 215. The van der Waals surface area contributed by atoms with Crippen molar-refractivity contribution in [1.82, 2.24) is 5.32 Å². The van der Waals surface area contributed by atoms with Gasteiger partial charge < -0.3 is 5.32 Å². The molecule has 1 rings (SSSR count). The van der Waals surface area contributed by atoms with Crippen molar-refractivity contribution < 1.29 is 4.79 Å². The fourth-order valence-corrected chi connectivity index (χ4v) is 3.29. The summed E-state index contributed by atoms with van der Waals surface area (Å²) >= 11 is 5.30. The molecule has 0 aromatic heterocycles. The lowest BCUT2D eigenvalue weighted by atomic mass is 10.0. The number of alkyl halides is 1. The molecule has 1 aliphatic heterocycles. The fraction of sp³-hybridized carbons (Fsp3) is 0.909. The highest BCUT2D eigenvalue weighted by atomic mass is 79.9. The highest BCUT2D eigenvalue weighted by Crippen LogP contribution is 2.37. The Morgan fingerprint density at radius 2 is 2.40 bits per heavy atom. The second-order valence-electron chi connectivity index (χ2n) is 4.36. The Morgan fingerprint density at radius 1 is 1.67 bits per heavy atom. The molecule has 0 saturated carbocycles. The van der Waals surface area contributed by atoms with Crippen LogP contribution in [0.4, 0.5) is 0 Å². The third kappa shape index (κ3) is 4.35. The highest BCUT2D eigenvalue weighted by molar-refractivity contribution is 9.09.